The van der Waals surface area contributed by atoms with E-state index in [1.165, 1.54) is 15.0 Å². The van der Waals surface area contributed by atoms with Crippen LogP contribution in [0.3, 0.4) is 0 Å². The van der Waals surface area contributed by atoms with Crippen LogP contribution >= 0.6 is 22.9 Å². The standard InChI is InChI=1S/C15H10ClS.Li/c16-14-7-3-1-5-11(14)9-13-10-12-6-2-4-8-15(12)17-13;/h2-8,10H,9H2;/q-1;+1. The Morgan fingerprint density at radius 3 is 2.78 bits per heavy atom. The summed E-state index contributed by atoms with van der Waals surface area (Å²) in [6.45, 7) is 0. The molecule has 0 aliphatic carbocycles. The van der Waals surface area contributed by atoms with E-state index in [0.717, 1.165) is 17.0 Å². The van der Waals surface area contributed by atoms with Crippen LogP contribution in [-0.4, -0.2) is 0 Å². The normalized spacial score (nSPS) is 10.3. The summed E-state index contributed by atoms with van der Waals surface area (Å²) >= 11 is 7.99. The van der Waals surface area contributed by atoms with E-state index in [1.54, 1.807) is 0 Å². The SMILES string of the molecule is Clc1cc[c-]cc1Cc1cc2ccccc2s1.[Li+]. The minimum Gasteiger partial charge on any atom is -0.183 e. The Hall–Kier alpha value is -0.713. The van der Waals surface area contributed by atoms with Crippen LogP contribution in [0.4, 0.5) is 0 Å². The van der Waals surface area contributed by atoms with Gasteiger partial charge in [-0.05, 0) is 28.8 Å². The fourth-order valence-electron chi connectivity index (χ4n) is 1.89. The molecule has 3 aromatic rings. The van der Waals surface area contributed by atoms with Crippen LogP contribution in [0.2, 0.25) is 5.02 Å². The Labute approximate surface area is 128 Å². The molecule has 1 aromatic heterocycles. The van der Waals surface area contributed by atoms with Crippen molar-refractivity contribution < 1.29 is 18.9 Å². The molecule has 0 aliphatic rings. The van der Waals surface area contributed by atoms with Crippen molar-refractivity contribution in [3.63, 3.8) is 0 Å². The summed E-state index contributed by atoms with van der Waals surface area (Å²) in [6.07, 6.45) is 0.884. The first-order valence-corrected chi connectivity index (χ1v) is 6.64. The first kappa shape index (κ1) is 13.7. The molecule has 0 spiro atoms. The topological polar surface area (TPSA) is 0 Å². The summed E-state index contributed by atoms with van der Waals surface area (Å²) in [5.41, 5.74) is 1.14. The first-order valence-electron chi connectivity index (χ1n) is 5.45. The molecule has 84 valence electrons. The van der Waals surface area contributed by atoms with Gasteiger partial charge in [0, 0.05) is 4.70 Å². The van der Waals surface area contributed by atoms with E-state index < -0.39 is 0 Å². The average molecular weight is 265 g/mol. The van der Waals surface area contributed by atoms with Crippen molar-refractivity contribution in [1.29, 1.82) is 0 Å². The van der Waals surface area contributed by atoms with Gasteiger partial charge in [0.1, 0.15) is 0 Å². The minimum absolute atomic E-state index is 0. The number of thiophene rings is 1. The van der Waals surface area contributed by atoms with Crippen molar-refractivity contribution in [3.05, 3.63) is 70.1 Å². The third kappa shape index (κ3) is 2.82. The predicted octanol–water partition coefficient (Wildman–Crippen LogP) is 1.95. The van der Waals surface area contributed by atoms with Gasteiger partial charge in [-0.15, -0.1) is 28.5 Å². The molecule has 18 heavy (non-hydrogen) atoms. The number of halogens is 1. The van der Waals surface area contributed by atoms with Crippen LogP contribution in [0.5, 0.6) is 0 Å². The Bertz CT molecular complexity index is 627. The summed E-state index contributed by atoms with van der Waals surface area (Å²) < 4.78 is 1.33. The van der Waals surface area contributed by atoms with Crippen LogP contribution in [0.25, 0.3) is 10.1 Å². The molecule has 3 rings (SSSR count). The molecule has 0 aliphatic heterocycles. The summed E-state index contributed by atoms with van der Waals surface area (Å²) in [5, 5.41) is 2.13. The van der Waals surface area contributed by atoms with Crippen molar-refractivity contribution in [2.24, 2.45) is 0 Å². The summed E-state index contributed by atoms with van der Waals surface area (Å²) in [5.74, 6) is 0. The fourth-order valence-corrected chi connectivity index (χ4v) is 3.16. The zero-order valence-electron chi connectivity index (χ0n) is 10.1. The molecule has 0 atom stereocenters. The van der Waals surface area contributed by atoms with Crippen LogP contribution < -0.4 is 18.9 Å². The largest absolute Gasteiger partial charge is 1.00 e. The van der Waals surface area contributed by atoms with Gasteiger partial charge in [-0.3, -0.25) is 0 Å². The van der Waals surface area contributed by atoms with Gasteiger partial charge in [0.15, 0.2) is 0 Å². The van der Waals surface area contributed by atoms with E-state index in [9.17, 15) is 0 Å². The Morgan fingerprint density at radius 2 is 2.00 bits per heavy atom. The third-order valence-electron chi connectivity index (χ3n) is 2.73. The van der Waals surface area contributed by atoms with Crippen LogP contribution in [0.15, 0.2) is 48.5 Å². The molecule has 1 heterocycles. The van der Waals surface area contributed by atoms with Crippen molar-refractivity contribution >= 4 is 33.0 Å². The van der Waals surface area contributed by atoms with Crippen LogP contribution in [-0.2, 0) is 6.42 Å². The maximum absolute atomic E-state index is 6.16. The molecule has 0 radical (unpaired) electrons. The van der Waals surface area contributed by atoms with Crippen molar-refractivity contribution in [2.75, 3.05) is 0 Å². The van der Waals surface area contributed by atoms with Crippen molar-refractivity contribution in [2.45, 2.75) is 6.42 Å². The molecule has 0 saturated carbocycles. The number of benzene rings is 2. The van der Waals surface area contributed by atoms with Gasteiger partial charge in [0.25, 0.3) is 0 Å². The zero-order chi connectivity index (χ0) is 11.7. The molecular formula is C15H10ClLiS. The quantitative estimate of drug-likeness (QED) is 0.490. The molecule has 0 fully saturated rings. The molecule has 0 nitrogen and oxygen atoms in total. The number of fused-ring (bicyclic) bond motifs is 1. The second-order valence-corrected chi connectivity index (χ2v) is 5.52. The van der Waals surface area contributed by atoms with E-state index in [4.69, 9.17) is 11.6 Å². The van der Waals surface area contributed by atoms with Crippen LogP contribution in [0.1, 0.15) is 10.4 Å². The van der Waals surface area contributed by atoms with Gasteiger partial charge >= 0.3 is 18.9 Å². The van der Waals surface area contributed by atoms with Gasteiger partial charge in [0.2, 0.25) is 0 Å². The van der Waals surface area contributed by atoms with Gasteiger partial charge in [-0.25, -0.2) is 0 Å². The smallest absolute Gasteiger partial charge is 0.183 e. The fraction of sp³-hybridized carbons (Fsp3) is 0.0667. The molecule has 3 heteroatoms. The Kier molecular flexibility index (Phi) is 4.53. The first-order chi connectivity index (χ1) is 8.33. The molecular weight excluding hydrogens is 255 g/mol. The number of hydrogen-bond donors (Lipinski definition) is 0. The zero-order valence-corrected chi connectivity index (χ0v) is 11.7. The summed E-state index contributed by atoms with van der Waals surface area (Å²) in [4.78, 5) is 1.34. The maximum Gasteiger partial charge on any atom is 1.00 e. The van der Waals surface area contributed by atoms with Gasteiger partial charge in [0.05, 0.1) is 0 Å². The number of hydrogen-bond acceptors (Lipinski definition) is 1. The van der Waals surface area contributed by atoms with Crippen LogP contribution in [0, 0.1) is 6.07 Å². The molecule has 0 amide bonds. The van der Waals surface area contributed by atoms with E-state index in [1.807, 2.05) is 29.5 Å². The van der Waals surface area contributed by atoms with E-state index in [2.05, 4.69) is 36.4 Å². The van der Waals surface area contributed by atoms with Gasteiger partial charge < -0.3 is 0 Å². The molecule has 0 saturated heterocycles. The molecule has 2 aromatic carbocycles. The van der Waals surface area contributed by atoms with E-state index >= 15 is 0 Å². The predicted molar refractivity (Wildman–Crippen MR) is 74.9 cm³/mol. The molecule has 0 N–H and O–H groups in total. The van der Waals surface area contributed by atoms with E-state index in [-0.39, 0.29) is 18.9 Å². The summed E-state index contributed by atoms with van der Waals surface area (Å²) in [7, 11) is 0. The summed E-state index contributed by atoms with van der Waals surface area (Å²) in [6, 6.07) is 19.5. The van der Waals surface area contributed by atoms with Crippen molar-refractivity contribution in [3.8, 4) is 0 Å². The maximum atomic E-state index is 6.16. The Balaban J connectivity index is 0.00000120. The second kappa shape index (κ2) is 5.95. The molecule has 0 bridgehead atoms. The van der Waals surface area contributed by atoms with E-state index in [0.29, 0.717) is 0 Å². The molecule has 0 unspecified atom stereocenters. The second-order valence-electron chi connectivity index (χ2n) is 3.94. The monoisotopic (exact) mass is 264 g/mol. The van der Waals surface area contributed by atoms with Gasteiger partial charge in [-0.2, -0.15) is 24.3 Å². The van der Waals surface area contributed by atoms with Gasteiger partial charge in [-0.1, -0.05) is 23.2 Å². The van der Waals surface area contributed by atoms with Crippen molar-refractivity contribution in [1.82, 2.24) is 0 Å². The minimum atomic E-state index is 0. The third-order valence-corrected chi connectivity index (χ3v) is 4.22. The Morgan fingerprint density at radius 1 is 1.17 bits per heavy atom. The average Bonchev–Trinajstić information content (AvgIpc) is 2.74. The number of rotatable bonds is 2.